The van der Waals surface area contributed by atoms with Crippen LogP contribution in [0.25, 0.3) is 0 Å². The lowest BCUT2D eigenvalue weighted by atomic mass is 9.70. The third-order valence-corrected chi connectivity index (χ3v) is 4.32. The summed E-state index contributed by atoms with van der Waals surface area (Å²) in [4.78, 5) is 11.9. The lowest BCUT2D eigenvalue weighted by molar-refractivity contribution is -0.159. The highest BCUT2D eigenvalue weighted by molar-refractivity contribution is 6.48. The van der Waals surface area contributed by atoms with Crippen LogP contribution in [0.3, 0.4) is 0 Å². The van der Waals surface area contributed by atoms with Gasteiger partial charge in [0.15, 0.2) is 9.04 Å². The maximum Gasteiger partial charge on any atom is 0.312 e. The van der Waals surface area contributed by atoms with Crippen molar-refractivity contribution in [2.75, 3.05) is 13.7 Å². The molecule has 0 aliphatic rings. The molecule has 0 unspecified atom stereocenters. The van der Waals surface area contributed by atoms with Crippen LogP contribution in [0.4, 0.5) is 0 Å². The minimum Gasteiger partial charge on any atom is -0.469 e. The van der Waals surface area contributed by atoms with Crippen LogP contribution < -0.4 is 5.73 Å². The maximum atomic E-state index is 11.9. The molecule has 0 bridgehead atoms. The number of esters is 1. The zero-order valence-corrected chi connectivity index (χ0v) is 13.3. The fraction of sp³-hybridized carbons (Fsp3) is 0.917. The Bertz CT molecular complexity index is 263. The molecule has 0 heterocycles. The van der Waals surface area contributed by atoms with E-state index in [4.69, 9.17) is 14.9 Å². The minimum absolute atomic E-state index is 0.178. The summed E-state index contributed by atoms with van der Waals surface area (Å²) in [5, 5.41) is 0. The van der Waals surface area contributed by atoms with Gasteiger partial charge in [-0.25, -0.2) is 0 Å². The number of nitrogens with two attached hydrogens (primary N) is 1. The molecular formula is C12H27NO3Si. The van der Waals surface area contributed by atoms with Gasteiger partial charge in [-0.3, -0.25) is 4.79 Å². The zero-order valence-electron chi connectivity index (χ0n) is 12.2. The van der Waals surface area contributed by atoms with E-state index in [0.717, 1.165) is 0 Å². The highest BCUT2D eigenvalue weighted by Gasteiger charge is 2.48. The second-order valence-electron chi connectivity index (χ2n) is 5.84. The van der Waals surface area contributed by atoms with Gasteiger partial charge in [-0.2, -0.15) is 0 Å². The van der Waals surface area contributed by atoms with Crippen LogP contribution in [0.15, 0.2) is 0 Å². The summed E-state index contributed by atoms with van der Waals surface area (Å²) in [6.45, 7) is 12.6. The van der Waals surface area contributed by atoms with Gasteiger partial charge in [0.25, 0.3) is 0 Å². The van der Waals surface area contributed by atoms with Crippen LogP contribution in [0.2, 0.25) is 13.1 Å². The van der Waals surface area contributed by atoms with E-state index in [1.165, 1.54) is 7.11 Å². The molecule has 0 fully saturated rings. The number of rotatable bonds is 5. The first-order valence-corrected chi connectivity index (χ1v) is 8.84. The highest BCUT2D eigenvalue weighted by atomic mass is 28.3. The van der Waals surface area contributed by atoms with Crippen molar-refractivity contribution < 1.29 is 14.0 Å². The molecule has 0 aliphatic carbocycles. The summed E-state index contributed by atoms with van der Waals surface area (Å²) in [5.74, 6) is -0.720. The Morgan fingerprint density at radius 2 is 1.76 bits per heavy atom. The summed E-state index contributed by atoms with van der Waals surface area (Å²) in [6, 6.07) is 0. The molecule has 2 N–H and O–H groups in total. The quantitative estimate of drug-likeness (QED) is 0.602. The Labute approximate surface area is 107 Å². The topological polar surface area (TPSA) is 61.5 Å². The van der Waals surface area contributed by atoms with Crippen LogP contribution in [-0.4, -0.2) is 34.3 Å². The normalized spacial score (nSPS) is 17.7. The molecule has 0 radical (unpaired) electrons. The Balaban J connectivity index is 5.35. The summed E-state index contributed by atoms with van der Waals surface area (Å²) >= 11 is 0. The molecule has 5 heteroatoms. The zero-order chi connectivity index (χ0) is 13.9. The summed E-state index contributed by atoms with van der Waals surface area (Å²) in [6.07, 6.45) is 0. The van der Waals surface area contributed by atoms with E-state index in [2.05, 4.69) is 33.9 Å². The molecule has 0 aromatic rings. The molecule has 102 valence electrons. The van der Waals surface area contributed by atoms with Crippen LogP contribution in [0.5, 0.6) is 0 Å². The van der Waals surface area contributed by atoms with E-state index in [9.17, 15) is 4.79 Å². The minimum atomic E-state index is -1.28. The van der Waals surface area contributed by atoms with Gasteiger partial charge in [-0.15, -0.1) is 0 Å². The van der Waals surface area contributed by atoms with E-state index >= 15 is 0 Å². The maximum absolute atomic E-state index is 11.9. The van der Waals surface area contributed by atoms with Crippen LogP contribution in [0.1, 0.15) is 27.7 Å². The molecule has 2 atom stereocenters. The first-order chi connectivity index (χ1) is 7.60. The number of carbonyl (C=O) groups is 1. The Morgan fingerprint density at radius 3 is 2.00 bits per heavy atom. The van der Waals surface area contributed by atoms with E-state index in [1.807, 2.05) is 6.92 Å². The van der Waals surface area contributed by atoms with Gasteiger partial charge in [0.05, 0.1) is 18.6 Å². The number of ether oxygens (including phenoxy) is 1. The van der Waals surface area contributed by atoms with E-state index in [1.54, 1.807) is 0 Å². The number of hydrogen-bond donors (Lipinski definition) is 1. The Morgan fingerprint density at radius 1 is 1.29 bits per heavy atom. The van der Waals surface area contributed by atoms with Gasteiger partial charge in [0, 0.05) is 6.54 Å². The molecule has 4 nitrogen and oxygen atoms in total. The number of methoxy groups -OCH3 is 1. The third-order valence-electron chi connectivity index (χ3n) is 3.36. The Hall–Kier alpha value is -0.393. The van der Waals surface area contributed by atoms with Crippen molar-refractivity contribution in [3.63, 3.8) is 0 Å². The molecule has 0 aromatic heterocycles. The van der Waals surface area contributed by atoms with Gasteiger partial charge >= 0.3 is 5.97 Å². The SMILES string of the molecule is COC(=O)[C@@H](CN)[C@@](C)(O[SiH](C)C)C(C)(C)C. The molecule has 0 aliphatic heterocycles. The summed E-state index contributed by atoms with van der Waals surface area (Å²) < 4.78 is 11.0. The lowest BCUT2D eigenvalue weighted by Crippen LogP contribution is -2.56. The molecule has 17 heavy (non-hydrogen) atoms. The lowest BCUT2D eigenvalue weighted by Gasteiger charge is -2.47. The predicted molar refractivity (Wildman–Crippen MR) is 72.4 cm³/mol. The van der Waals surface area contributed by atoms with Gasteiger partial charge in [0.2, 0.25) is 0 Å². The summed E-state index contributed by atoms with van der Waals surface area (Å²) in [5.41, 5.74) is 4.98. The fourth-order valence-corrected chi connectivity index (χ4v) is 3.46. The van der Waals surface area contributed by atoms with Crippen LogP contribution in [0, 0.1) is 11.3 Å². The predicted octanol–water partition coefficient (Wildman–Crippen LogP) is 1.54. The average Bonchev–Trinajstić information content (AvgIpc) is 2.15. The van der Waals surface area contributed by atoms with E-state index in [-0.39, 0.29) is 17.9 Å². The van der Waals surface area contributed by atoms with E-state index < -0.39 is 20.6 Å². The highest BCUT2D eigenvalue weighted by Crippen LogP contribution is 2.40. The van der Waals surface area contributed by atoms with Gasteiger partial charge in [0.1, 0.15) is 0 Å². The average molecular weight is 261 g/mol. The largest absolute Gasteiger partial charge is 0.469 e. The van der Waals surface area contributed by atoms with Gasteiger partial charge in [-0.05, 0) is 25.4 Å². The monoisotopic (exact) mass is 261 g/mol. The van der Waals surface area contributed by atoms with Crippen molar-refractivity contribution in [3.05, 3.63) is 0 Å². The second-order valence-corrected chi connectivity index (χ2v) is 8.17. The van der Waals surface area contributed by atoms with Gasteiger partial charge in [-0.1, -0.05) is 20.8 Å². The number of carbonyl (C=O) groups excluding carboxylic acids is 1. The molecule has 0 aromatic carbocycles. The van der Waals surface area contributed by atoms with Crippen molar-refractivity contribution >= 4 is 15.0 Å². The second kappa shape index (κ2) is 5.98. The van der Waals surface area contributed by atoms with Crippen molar-refractivity contribution in [2.45, 2.75) is 46.4 Å². The molecule has 0 spiro atoms. The van der Waals surface area contributed by atoms with Crippen molar-refractivity contribution in [3.8, 4) is 0 Å². The summed E-state index contributed by atoms with van der Waals surface area (Å²) in [7, 11) is 0.109. The molecule has 0 saturated heterocycles. The third kappa shape index (κ3) is 3.79. The van der Waals surface area contributed by atoms with Crippen molar-refractivity contribution in [1.29, 1.82) is 0 Å². The van der Waals surface area contributed by atoms with Crippen LogP contribution in [-0.2, 0) is 14.0 Å². The van der Waals surface area contributed by atoms with Gasteiger partial charge < -0.3 is 14.9 Å². The molecule has 0 rings (SSSR count). The molecule has 0 saturated carbocycles. The first-order valence-electron chi connectivity index (χ1n) is 6.05. The molecule has 0 amide bonds. The van der Waals surface area contributed by atoms with E-state index in [0.29, 0.717) is 0 Å². The van der Waals surface area contributed by atoms with Crippen molar-refractivity contribution in [1.82, 2.24) is 0 Å². The Kier molecular flexibility index (Phi) is 5.84. The smallest absolute Gasteiger partial charge is 0.312 e. The first kappa shape index (κ1) is 16.6. The standard InChI is InChI=1S/C12H27NO3Si/c1-11(2,3)12(4,16-17(6)7)9(8-13)10(14)15-5/h9,17H,8,13H2,1-7H3/t9-,12-/m1/s1. The van der Waals surface area contributed by atoms with Crippen LogP contribution >= 0.6 is 0 Å². The molecular weight excluding hydrogens is 234 g/mol. The number of hydrogen-bond acceptors (Lipinski definition) is 4. The fourth-order valence-electron chi connectivity index (χ4n) is 1.96. The van der Waals surface area contributed by atoms with Crippen molar-refractivity contribution in [2.24, 2.45) is 17.1 Å².